The Labute approximate surface area is 137 Å². The first-order chi connectivity index (χ1) is 9.74. The minimum atomic E-state index is 1.17. The zero-order chi connectivity index (χ0) is 15.1. The summed E-state index contributed by atoms with van der Waals surface area (Å²) in [5.74, 6) is 0. The maximum absolute atomic E-state index is 3.64. The standard InChI is InChI=1S/C18H39BrN/c1-4-7-10-12-17-20(15-9-6-3,18-13-14-19)16-11-8-5-2/h4-18H2,1-3H3/q+1. The summed E-state index contributed by atoms with van der Waals surface area (Å²) in [5.41, 5.74) is 0. The minimum absolute atomic E-state index is 1.17. The molecule has 0 heterocycles. The number of nitrogens with zero attached hydrogens (tertiary/aromatic N) is 1. The van der Waals surface area contributed by atoms with E-state index in [0.717, 1.165) is 0 Å². The molecule has 0 N–H and O–H groups in total. The van der Waals surface area contributed by atoms with Crippen molar-refractivity contribution in [3.05, 3.63) is 0 Å². The van der Waals surface area contributed by atoms with Crippen LogP contribution in [-0.4, -0.2) is 36.0 Å². The molecule has 0 aromatic rings. The highest BCUT2D eigenvalue weighted by atomic mass is 79.9. The lowest BCUT2D eigenvalue weighted by atomic mass is 10.1. The summed E-state index contributed by atoms with van der Waals surface area (Å²) in [7, 11) is 0. The zero-order valence-corrected chi connectivity index (χ0v) is 16.0. The summed E-state index contributed by atoms with van der Waals surface area (Å²) >= 11 is 3.64. The van der Waals surface area contributed by atoms with E-state index in [-0.39, 0.29) is 0 Å². The van der Waals surface area contributed by atoms with E-state index in [4.69, 9.17) is 0 Å². The van der Waals surface area contributed by atoms with Crippen LogP contribution in [0.2, 0.25) is 0 Å². The first-order valence-corrected chi connectivity index (χ1v) is 10.3. The average Bonchev–Trinajstić information content (AvgIpc) is 2.47. The molecule has 0 spiro atoms. The lowest BCUT2D eigenvalue weighted by Gasteiger charge is -2.39. The van der Waals surface area contributed by atoms with Gasteiger partial charge in [0, 0.05) is 11.8 Å². The monoisotopic (exact) mass is 348 g/mol. The lowest BCUT2D eigenvalue weighted by Crippen LogP contribution is -2.51. The van der Waals surface area contributed by atoms with Gasteiger partial charge in [-0.3, -0.25) is 0 Å². The van der Waals surface area contributed by atoms with Gasteiger partial charge in [-0.2, -0.15) is 0 Å². The molecule has 0 rings (SSSR count). The van der Waals surface area contributed by atoms with Crippen molar-refractivity contribution in [1.29, 1.82) is 0 Å². The molecular formula is C18H39BrN+. The van der Waals surface area contributed by atoms with Crippen molar-refractivity contribution in [2.24, 2.45) is 0 Å². The van der Waals surface area contributed by atoms with Crippen LogP contribution in [0.25, 0.3) is 0 Å². The molecule has 122 valence electrons. The smallest absolute Gasteiger partial charge is 0.0794 e. The van der Waals surface area contributed by atoms with E-state index >= 15 is 0 Å². The van der Waals surface area contributed by atoms with Gasteiger partial charge in [-0.15, -0.1) is 0 Å². The largest absolute Gasteiger partial charge is 0.324 e. The quantitative estimate of drug-likeness (QED) is 0.189. The Bertz CT molecular complexity index is 186. The van der Waals surface area contributed by atoms with Gasteiger partial charge < -0.3 is 4.48 Å². The fourth-order valence-corrected chi connectivity index (χ4v) is 3.38. The van der Waals surface area contributed by atoms with Gasteiger partial charge in [-0.05, 0) is 32.1 Å². The van der Waals surface area contributed by atoms with Crippen LogP contribution in [0.15, 0.2) is 0 Å². The van der Waals surface area contributed by atoms with E-state index < -0.39 is 0 Å². The normalized spacial score (nSPS) is 14.4. The van der Waals surface area contributed by atoms with Crippen LogP contribution in [0.1, 0.15) is 85.0 Å². The highest BCUT2D eigenvalue weighted by Gasteiger charge is 2.25. The molecule has 0 aliphatic heterocycles. The summed E-state index contributed by atoms with van der Waals surface area (Å²) in [6.45, 7) is 12.6. The van der Waals surface area contributed by atoms with Gasteiger partial charge >= 0.3 is 0 Å². The summed E-state index contributed by atoms with van der Waals surface area (Å²) in [4.78, 5) is 0. The van der Waals surface area contributed by atoms with E-state index in [0.29, 0.717) is 0 Å². The second-order valence-electron chi connectivity index (χ2n) is 6.40. The van der Waals surface area contributed by atoms with Gasteiger partial charge in [-0.25, -0.2) is 0 Å². The highest BCUT2D eigenvalue weighted by molar-refractivity contribution is 9.09. The molecule has 0 aromatic heterocycles. The molecule has 1 atom stereocenters. The molecular weight excluding hydrogens is 310 g/mol. The van der Waals surface area contributed by atoms with Crippen LogP contribution >= 0.6 is 15.9 Å². The number of alkyl halides is 1. The second-order valence-corrected chi connectivity index (χ2v) is 7.19. The fraction of sp³-hybridized carbons (Fsp3) is 1.00. The number of rotatable bonds is 15. The number of unbranched alkanes of at least 4 members (excludes halogenated alkanes) is 6. The number of quaternary nitrogens is 1. The third-order valence-corrected chi connectivity index (χ3v) is 5.03. The van der Waals surface area contributed by atoms with Gasteiger partial charge in [0.15, 0.2) is 0 Å². The van der Waals surface area contributed by atoms with Gasteiger partial charge in [0.1, 0.15) is 0 Å². The van der Waals surface area contributed by atoms with Crippen molar-refractivity contribution in [3.63, 3.8) is 0 Å². The molecule has 2 heteroatoms. The maximum Gasteiger partial charge on any atom is 0.0794 e. The third-order valence-electron chi connectivity index (χ3n) is 4.47. The summed E-state index contributed by atoms with van der Waals surface area (Å²) in [6, 6.07) is 0. The molecule has 0 amide bonds. The SMILES string of the molecule is CCCCCC[N+](CCCC)(CCCBr)CCCCC. The van der Waals surface area contributed by atoms with Crippen LogP contribution in [0, 0.1) is 0 Å². The Hall–Kier alpha value is 0.440. The summed E-state index contributed by atoms with van der Waals surface area (Å²) in [5, 5.41) is 1.17. The number of hydrogen-bond donors (Lipinski definition) is 0. The topological polar surface area (TPSA) is 0 Å². The van der Waals surface area contributed by atoms with Crippen LogP contribution < -0.4 is 0 Å². The lowest BCUT2D eigenvalue weighted by molar-refractivity contribution is -0.928. The second kappa shape index (κ2) is 14.4. The Balaban J connectivity index is 4.43. The Kier molecular flexibility index (Phi) is 14.7. The van der Waals surface area contributed by atoms with Gasteiger partial charge in [0.25, 0.3) is 0 Å². The van der Waals surface area contributed by atoms with Gasteiger partial charge in [-0.1, -0.05) is 62.4 Å². The van der Waals surface area contributed by atoms with Crippen molar-refractivity contribution < 1.29 is 4.48 Å². The minimum Gasteiger partial charge on any atom is -0.324 e. The zero-order valence-electron chi connectivity index (χ0n) is 14.4. The van der Waals surface area contributed by atoms with Crippen LogP contribution in [0.5, 0.6) is 0 Å². The molecule has 0 aromatic carbocycles. The van der Waals surface area contributed by atoms with Crippen molar-refractivity contribution in [2.45, 2.75) is 85.0 Å². The van der Waals surface area contributed by atoms with E-state index in [1.165, 1.54) is 100 Å². The molecule has 1 unspecified atom stereocenters. The van der Waals surface area contributed by atoms with Gasteiger partial charge in [0.2, 0.25) is 0 Å². The number of halogens is 1. The predicted molar refractivity (Wildman–Crippen MR) is 96.7 cm³/mol. The van der Waals surface area contributed by atoms with Crippen molar-refractivity contribution in [3.8, 4) is 0 Å². The van der Waals surface area contributed by atoms with E-state index in [9.17, 15) is 0 Å². The molecule has 0 aliphatic rings. The molecule has 0 aliphatic carbocycles. The van der Waals surface area contributed by atoms with E-state index in [2.05, 4.69) is 36.7 Å². The van der Waals surface area contributed by atoms with Crippen LogP contribution in [0.4, 0.5) is 0 Å². The highest BCUT2D eigenvalue weighted by Crippen LogP contribution is 2.17. The molecule has 20 heavy (non-hydrogen) atoms. The fourth-order valence-electron chi connectivity index (χ4n) is 3.13. The Morgan fingerprint density at radius 1 is 0.550 bits per heavy atom. The van der Waals surface area contributed by atoms with Crippen LogP contribution in [0.3, 0.4) is 0 Å². The molecule has 0 fully saturated rings. The van der Waals surface area contributed by atoms with Crippen molar-refractivity contribution in [1.82, 2.24) is 0 Å². The molecule has 0 saturated heterocycles. The third kappa shape index (κ3) is 10.2. The van der Waals surface area contributed by atoms with Crippen molar-refractivity contribution in [2.75, 3.05) is 31.5 Å². The molecule has 0 radical (unpaired) electrons. The molecule has 0 saturated carbocycles. The first-order valence-electron chi connectivity index (χ1n) is 9.15. The summed E-state index contributed by atoms with van der Waals surface area (Å²) < 4.78 is 1.41. The number of hydrogen-bond acceptors (Lipinski definition) is 0. The first kappa shape index (κ1) is 20.4. The van der Waals surface area contributed by atoms with Crippen molar-refractivity contribution >= 4 is 15.9 Å². The van der Waals surface area contributed by atoms with E-state index in [1.54, 1.807) is 0 Å². The predicted octanol–water partition coefficient (Wildman–Crippen LogP) is 6.16. The van der Waals surface area contributed by atoms with Crippen LogP contribution in [-0.2, 0) is 0 Å². The maximum atomic E-state index is 3.64. The average molecular weight is 349 g/mol. The Morgan fingerprint density at radius 3 is 1.55 bits per heavy atom. The van der Waals surface area contributed by atoms with E-state index in [1.807, 2.05) is 0 Å². The summed E-state index contributed by atoms with van der Waals surface area (Å²) in [6.07, 6.45) is 13.9. The van der Waals surface area contributed by atoms with Gasteiger partial charge in [0.05, 0.1) is 26.2 Å². The Morgan fingerprint density at radius 2 is 1.00 bits per heavy atom. The molecule has 1 nitrogen and oxygen atoms in total. The molecule has 0 bridgehead atoms.